The van der Waals surface area contributed by atoms with E-state index < -0.39 is 42.1 Å². The minimum Gasteiger partial charge on any atom is -0.481 e. The number of aliphatic carboxylic acids is 3. The van der Waals surface area contributed by atoms with Crippen molar-refractivity contribution in [3.8, 4) is 0 Å². The van der Waals surface area contributed by atoms with Crippen LogP contribution in [0, 0.1) is 0 Å². The minimum absolute atomic E-state index is 0.0682. The SMILES string of the molecule is O=CC(CCC(=O)O)NC(=O)NC(CCCCNC(=O)CCCCCCC(=O)NCCCCC(C(=O)O)N(Cc1ccccn1)Cc1ccccn1)C(=O)O. The number of amides is 4. The van der Waals surface area contributed by atoms with Crippen LogP contribution in [0.4, 0.5) is 4.79 Å². The number of carbonyl (C=O) groups is 7. The standard InChI is InChI=1S/C38H55N7O10/c46-27-30(19-20-35(49)50)43-38(55)44-31(36(51)52)15-7-11-23-41-33(47)17-3-1-2-4-18-34(48)42-24-12-8-16-32(37(53)54)45(25-28-13-5-9-21-39-28)26-29-14-6-10-22-40-29/h5-6,9-10,13-14,21-22,27,30-32H,1-4,7-8,11-12,15-20,23-26H2,(H,41,47)(H,42,48)(H,49,50)(H,51,52)(H,53,54)(H2,43,44,55). The molecule has 0 aliphatic rings. The van der Waals surface area contributed by atoms with E-state index in [9.17, 15) is 43.8 Å². The first kappa shape index (κ1) is 45.7. The third kappa shape index (κ3) is 21.1. The molecular weight excluding hydrogens is 714 g/mol. The molecule has 0 spiro atoms. The summed E-state index contributed by atoms with van der Waals surface area (Å²) in [6.45, 7) is 1.52. The Morgan fingerprint density at radius 2 is 1.18 bits per heavy atom. The molecule has 17 nitrogen and oxygen atoms in total. The summed E-state index contributed by atoms with van der Waals surface area (Å²) in [4.78, 5) is 92.7. The molecular formula is C38H55N7O10. The number of nitrogens with zero attached hydrogens (tertiary/aromatic N) is 3. The van der Waals surface area contributed by atoms with Crippen molar-refractivity contribution in [2.75, 3.05) is 13.1 Å². The molecule has 0 aliphatic carbocycles. The van der Waals surface area contributed by atoms with Crippen LogP contribution >= 0.6 is 0 Å². The second-order valence-corrected chi connectivity index (χ2v) is 13.2. The zero-order valence-electron chi connectivity index (χ0n) is 31.2. The van der Waals surface area contributed by atoms with E-state index >= 15 is 0 Å². The molecule has 2 aromatic heterocycles. The third-order valence-corrected chi connectivity index (χ3v) is 8.69. The highest BCUT2D eigenvalue weighted by molar-refractivity contribution is 5.84. The number of aromatic nitrogens is 2. The van der Waals surface area contributed by atoms with Crippen molar-refractivity contribution in [3.63, 3.8) is 0 Å². The Morgan fingerprint density at radius 1 is 0.636 bits per heavy atom. The summed E-state index contributed by atoms with van der Waals surface area (Å²) in [5, 5.41) is 38.4. The highest BCUT2D eigenvalue weighted by atomic mass is 16.4. The summed E-state index contributed by atoms with van der Waals surface area (Å²) in [7, 11) is 0. The fourth-order valence-corrected chi connectivity index (χ4v) is 5.71. The quantitative estimate of drug-likeness (QED) is 0.0446. The molecule has 55 heavy (non-hydrogen) atoms. The first-order valence-electron chi connectivity index (χ1n) is 18.8. The van der Waals surface area contributed by atoms with Gasteiger partial charge in [0.05, 0.1) is 17.4 Å². The molecule has 7 N–H and O–H groups in total. The number of pyridine rings is 2. The summed E-state index contributed by atoms with van der Waals surface area (Å²) < 4.78 is 0. The molecule has 3 unspecified atom stereocenters. The van der Waals surface area contributed by atoms with Crippen LogP contribution < -0.4 is 21.3 Å². The van der Waals surface area contributed by atoms with Gasteiger partial charge in [0.15, 0.2) is 0 Å². The summed E-state index contributed by atoms with van der Waals surface area (Å²) in [6, 6.07) is 7.18. The number of carboxylic acid groups (broad SMARTS) is 3. The van der Waals surface area contributed by atoms with Crippen molar-refractivity contribution in [3.05, 3.63) is 60.2 Å². The van der Waals surface area contributed by atoms with Gasteiger partial charge in [-0.3, -0.25) is 34.0 Å². The number of hydrogen-bond donors (Lipinski definition) is 7. The van der Waals surface area contributed by atoms with Gasteiger partial charge in [-0.25, -0.2) is 9.59 Å². The number of carbonyl (C=O) groups excluding carboxylic acids is 4. The van der Waals surface area contributed by atoms with Gasteiger partial charge >= 0.3 is 23.9 Å². The molecule has 2 aromatic rings. The van der Waals surface area contributed by atoms with Crippen molar-refractivity contribution in [1.29, 1.82) is 0 Å². The Balaban J connectivity index is 1.55. The Bertz CT molecular complexity index is 1440. The maximum Gasteiger partial charge on any atom is 0.326 e. The van der Waals surface area contributed by atoms with E-state index in [0.29, 0.717) is 90.3 Å². The largest absolute Gasteiger partial charge is 0.481 e. The van der Waals surface area contributed by atoms with Gasteiger partial charge in [0.1, 0.15) is 18.4 Å². The van der Waals surface area contributed by atoms with E-state index in [2.05, 4.69) is 31.2 Å². The Kier molecular flexibility index (Phi) is 22.6. The second-order valence-electron chi connectivity index (χ2n) is 13.2. The average molecular weight is 770 g/mol. The van der Waals surface area contributed by atoms with Crippen LogP contribution in [-0.2, 0) is 41.9 Å². The second kappa shape index (κ2) is 27.2. The van der Waals surface area contributed by atoms with Crippen LogP contribution in [0.25, 0.3) is 0 Å². The molecule has 17 heteroatoms. The van der Waals surface area contributed by atoms with Gasteiger partial charge in [0.25, 0.3) is 0 Å². The maximum absolute atomic E-state index is 12.3. The first-order valence-corrected chi connectivity index (χ1v) is 18.8. The van der Waals surface area contributed by atoms with Crippen molar-refractivity contribution < 1.29 is 48.9 Å². The number of unbranched alkanes of at least 4 members (excludes halogenated alkanes) is 5. The van der Waals surface area contributed by atoms with Gasteiger partial charge in [0, 0.05) is 57.8 Å². The van der Waals surface area contributed by atoms with Crippen LogP contribution in [0.5, 0.6) is 0 Å². The third-order valence-electron chi connectivity index (χ3n) is 8.69. The molecule has 0 aromatic carbocycles. The van der Waals surface area contributed by atoms with E-state index in [1.54, 1.807) is 12.4 Å². The monoisotopic (exact) mass is 769 g/mol. The molecule has 4 amide bonds. The van der Waals surface area contributed by atoms with Crippen LogP contribution in [-0.4, -0.2) is 103 Å². The number of rotatable bonds is 30. The summed E-state index contributed by atoms with van der Waals surface area (Å²) in [6.07, 6.45) is 9.53. The van der Waals surface area contributed by atoms with Crippen LogP contribution in [0.1, 0.15) is 101 Å². The highest BCUT2D eigenvalue weighted by Crippen LogP contribution is 2.16. The fourth-order valence-electron chi connectivity index (χ4n) is 5.71. The van der Waals surface area contributed by atoms with Gasteiger partial charge in [-0.1, -0.05) is 25.0 Å². The normalized spacial score (nSPS) is 12.5. The lowest BCUT2D eigenvalue weighted by molar-refractivity contribution is -0.144. The van der Waals surface area contributed by atoms with E-state index in [0.717, 1.165) is 24.2 Å². The minimum atomic E-state index is -1.26. The van der Waals surface area contributed by atoms with Crippen molar-refractivity contribution >= 4 is 42.0 Å². The number of aldehydes is 1. The molecule has 302 valence electrons. The van der Waals surface area contributed by atoms with Crippen LogP contribution in [0.3, 0.4) is 0 Å². The van der Waals surface area contributed by atoms with Gasteiger partial charge < -0.3 is 41.4 Å². The van der Waals surface area contributed by atoms with Crippen molar-refractivity contribution in [2.24, 2.45) is 0 Å². The molecule has 3 atom stereocenters. The average Bonchev–Trinajstić information content (AvgIpc) is 3.15. The lowest BCUT2D eigenvalue weighted by atomic mass is 10.1. The number of urea groups is 1. The lowest BCUT2D eigenvalue weighted by Crippen LogP contribution is -2.49. The predicted octanol–water partition coefficient (Wildman–Crippen LogP) is 3.03. The number of carboxylic acids is 3. The molecule has 0 radical (unpaired) electrons. The molecule has 0 bridgehead atoms. The summed E-state index contributed by atoms with van der Waals surface area (Å²) >= 11 is 0. The van der Waals surface area contributed by atoms with Gasteiger partial charge in [0.2, 0.25) is 11.8 Å². The Morgan fingerprint density at radius 3 is 1.64 bits per heavy atom. The number of hydrogen-bond acceptors (Lipinski definition) is 10. The summed E-state index contributed by atoms with van der Waals surface area (Å²) in [5.41, 5.74) is 1.53. The van der Waals surface area contributed by atoms with E-state index in [4.69, 9.17) is 5.11 Å². The van der Waals surface area contributed by atoms with E-state index in [1.165, 1.54) is 0 Å². The maximum atomic E-state index is 12.3. The molecule has 0 saturated carbocycles. The highest BCUT2D eigenvalue weighted by Gasteiger charge is 2.26. The molecule has 0 fully saturated rings. The number of nitrogens with one attached hydrogen (secondary N) is 4. The molecule has 0 aliphatic heterocycles. The summed E-state index contributed by atoms with van der Waals surface area (Å²) in [5.74, 6) is -3.51. The predicted molar refractivity (Wildman–Crippen MR) is 200 cm³/mol. The van der Waals surface area contributed by atoms with Crippen molar-refractivity contribution in [2.45, 2.75) is 121 Å². The smallest absolute Gasteiger partial charge is 0.326 e. The van der Waals surface area contributed by atoms with E-state index in [-0.39, 0.29) is 31.1 Å². The van der Waals surface area contributed by atoms with E-state index in [1.807, 2.05) is 41.3 Å². The molecule has 0 saturated heterocycles. The fraction of sp³-hybridized carbons (Fsp3) is 0.553. The van der Waals surface area contributed by atoms with Gasteiger partial charge in [-0.05, 0) is 82.1 Å². The lowest BCUT2D eigenvalue weighted by Gasteiger charge is -2.28. The topological polar surface area (TPSA) is 257 Å². The van der Waals surface area contributed by atoms with Gasteiger partial charge in [-0.2, -0.15) is 0 Å². The van der Waals surface area contributed by atoms with Crippen LogP contribution in [0.2, 0.25) is 0 Å². The molecule has 2 heterocycles. The van der Waals surface area contributed by atoms with Crippen molar-refractivity contribution in [1.82, 2.24) is 36.1 Å². The van der Waals surface area contributed by atoms with Crippen LogP contribution in [0.15, 0.2) is 48.8 Å². The van der Waals surface area contributed by atoms with Gasteiger partial charge in [-0.15, -0.1) is 0 Å². The first-order chi connectivity index (χ1) is 26.5. The Hall–Kier alpha value is -5.45. The molecule has 2 rings (SSSR count). The zero-order valence-corrected chi connectivity index (χ0v) is 31.2. The Labute approximate surface area is 321 Å². The zero-order chi connectivity index (χ0) is 40.3.